The minimum atomic E-state index is -0.382. The maximum atomic E-state index is 6.18. The van der Waals surface area contributed by atoms with Crippen LogP contribution in [0.3, 0.4) is 0 Å². The van der Waals surface area contributed by atoms with E-state index in [1.165, 1.54) is 5.69 Å². The van der Waals surface area contributed by atoms with Crippen molar-refractivity contribution in [2.45, 2.75) is 57.8 Å². The summed E-state index contributed by atoms with van der Waals surface area (Å²) in [5.41, 5.74) is 2.37. The Labute approximate surface area is 189 Å². The average molecular weight is 431 g/mol. The zero-order valence-corrected chi connectivity index (χ0v) is 19.2. The molecule has 2 fully saturated rings. The Morgan fingerprint density at radius 1 is 1.03 bits per heavy atom. The van der Waals surface area contributed by atoms with Crippen LogP contribution in [-0.2, 0) is 9.31 Å². The summed E-state index contributed by atoms with van der Waals surface area (Å²) in [6.45, 7) is 10.3. The summed E-state index contributed by atoms with van der Waals surface area (Å²) < 4.78 is 12.4. The van der Waals surface area contributed by atoms with Gasteiger partial charge in [-0.3, -0.25) is 4.98 Å². The number of pyridine rings is 1. The normalized spacial score (nSPS) is 20.6. The van der Waals surface area contributed by atoms with Crippen LogP contribution in [0, 0.1) is 0 Å². The monoisotopic (exact) mass is 431 g/mol. The summed E-state index contributed by atoms with van der Waals surface area (Å²) in [7, 11) is -0.382. The van der Waals surface area contributed by atoms with Gasteiger partial charge in [-0.1, -0.05) is 12.1 Å². The summed E-state index contributed by atoms with van der Waals surface area (Å²) in [6.07, 6.45) is 7.70. The summed E-state index contributed by atoms with van der Waals surface area (Å²) >= 11 is 0. The predicted octanol–water partition coefficient (Wildman–Crippen LogP) is 3.40. The van der Waals surface area contributed by atoms with E-state index in [0.717, 1.165) is 42.3 Å². The van der Waals surface area contributed by atoms with Gasteiger partial charge in [0, 0.05) is 36.9 Å². The Kier molecular flexibility index (Phi) is 5.30. The third kappa shape index (κ3) is 4.05. The van der Waals surface area contributed by atoms with Gasteiger partial charge in [0.15, 0.2) is 0 Å². The zero-order valence-electron chi connectivity index (χ0n) is 19.2. The van der Waals surface area contributed by atoms with Gasteiger partial charge in [-0.25, -0.2) is 9.97 Å². The summed E-state index contributed by atoms with van der Waals surface area (Å²) in [5.74, 6) is 0.681. The van der Waals surface area contributed by atoms with E-state index in [1.807, 2.05) is 36.8 Å². The van der Waals surface area contributed by atoms with Crippen LogP contribution < -0.4 is 15.7 Å². The molecule has 1 aromatic carbocycles. The molecule has 0 unspecified atom stereocenters. The Morgan fingerprint density at radius 2 is 1.78 bits per heavy atom. The standard InChI is InChI=1S/C24H30BN5O2/c1-23(2)24(3,4)32-25(31-23)18-7-8-21-17(14-18)15-27-22(29-21)28-19-9-12-30(13-10-19)20-6-5-11-26-16-20/h5-8,11,14-16,19H,9-10,12-13H2,1-4H3,(H,27,28,29). The molecule has 0 amide bonds. The second kappa shape index (κ2) is 8.01. The first-order valence-corrected chi connectivity index (χ1v) is 11.3. The molecule has 8 heteroatoms. The van der Waals surface area contributed by atoms with E-state index in [9.17, 15) is 0 Å². The van der Waals surface area contributed by atoms with Gasteiger partial charge >= 0.3 is 7.12 Å². The van der Waals surface area contributed by atoms with Gasteiger partial charge in [0.2, 0.25) is 5.95 Å². The van der Waals surface area contributed by atoms with Gasteiger partial charge in [-0.05, 0) is 64.2 Å². The average Bonchev–Trinajstić information content (AvgIpc) is 3.01. The van der Waals surface area contributed by atoms with Crippen LogP contribution in [0.1, 0.15) is 40.5 Å². The lowest BCUT2D eigenvalue weighted by atomic mass is 9.78. The first-order valence-electron chi connectivity index (χ1n) is 11.3. The highest BCUT2D eigenvalue weighted by Crippen LogP contribution is 2.36. The molecule has 0 radical (unpaired) electrons. The van der Waals surface area contributed by atoms with E-state index in [0.29, 0.717) is 12.0 Å². The number of hydrogen-bond acceptors (Lipinski definition) is 7. The molecular formula is C24H30BN5O2. The fourth-order valence-corrected chi connectivity index (χ4v) is 4.25. The third-order valence-electron chi connectivity index (χ3n) is 6.97. The number of rotatable bonds is 4. The first kappa shape index (κ1) is 21.2. The molecule has 0 spiro atoms. The van der Waals surface area contributed by atoms with E-state index in [2.05, 4.69) is 60.0 Å². The second-order valence-electron chi connectivity index (χ2n) is 9.72. The number of piperidine rings is 1. The molecule has 32 heavy (non-hydrogen) atoms. The fourth-order valence-electron chi connectivity index (χ4n) is 4.25. The van der Waals surface area contributed by atoms with Gasteiger partial charge in [0.25, 0.3) is 0 Å². The lowest BCUT2D eigenvalue weighted by molar-refractivity contribution is 0.00578. The van der Waals surface area contributed by atoms with Crippen molar-refractivity contribution in [3.63, 3.8) is 0 Å². The SMILES string of the molecule is CC1(C)OB(c2ccc3nc(NC4CCN(c5cccnc5)CC4)ncc3c2)OC1(C)C. The number of fused-ring (bicyclic) bond motifs is 1. The smallest absolute Gasteiger partial charge is 0.399 e. The molecule has 0 atom stereocenters. The zero-order chi connectivity index (χ0) is 22.3. The molecule has 0 saturated carbocycles. The Bertz CT molecular complexity index is 1080. The minimum absolute atomic E-state index is 0.358. The van der Waals surface area contributed by atoms with E-state index in [-0.39, 0.29) is 18.3 Å². The molecule has 0 aliphatic carbocycles. The summed E-state index contributed by atoms with van der Waals surface area (Å²) in [6, 6.07) is 10.6. The molecule has 2 aliphatic heterocycles. The van der Waals surface area contributed by atoms with Gasteiger partial charge in [0.1, 0.15) is 0 Å². The number of nitrogens with zero attached hydrogens (tertiary/aromatic N) is 4. The van der Waals surface area contributed by atoms with Gasteiger partial charge in [-0.15, -0.1) is 0 Å². The fraction of sp³-hybridized carbons (Fsp3) is 0.458. The van der Waals surface area contributed by atoms with Crippen molar-refractivity contribution in [2.24, 2.45) is 0 Å². The van der Waals surface area contributed by atoms with E-state index in [1.54, 1.807) is 0 Å². The molecule has 166 valence electrons. The van der Waals surface area contributed by atoms with Crippen LogP contribution in [0.4, 0.5) is 11.6 Å². The minimum Gasteiger partial charge on any atom is -0.399 e. The number of hydrogen-bond donors (Lipinski definition) is 1. The molecule has 4 heterocycles. The predicted molar refractivity (Wildman–Crippen MR) is 128 cm³/mol. The van der Waals surface area contributed by atoms with Crippen molar-refractivity contribution in [2.75, 3.05) is 23.3 Å². The maximum absolute atomic E-state index is 6.18. The van der Waals surface area contributed by atoms with Gasteiger partial charge in [-0.2, -0.15) is 0 Å². The highest BCUT2D eigenvalue weighted by molar-refractivity contribution is 6.62. The van der Waals surface area contributed by atoms with Crippen molar-refractivity contribution in [3.8, 4) is 0 Å². The molecule has 2 aliphatic rings. The summed E-state index contributed by atoms with van der Waals surface area (Å²) in [5, 5.41) is 4.50. The molecule has 0 bridgehead atoms. The van der Waals surface area contributed by atoms with E-state index in [4.69, 9.17) is 14.3 Å². The summed E-state index contributed by atoms with van der Waals surface area (Å²) in [4.78, 5) is 15.9. The molecule has 7 nitrogen and oxygen atoms in total. The van der Waals surface area contributed by atoms with Crippen LogP contribution in [0.2, 0.25) is 0 Å². The highest BCUT2D eigenvalue weighted by atomic mass is 16.7. The molecule has 1 N–H and O–H groups in total. The highest BCUT2D eigenvalue weighted by Gasteiger charge is 2.51. The van der Waals surface area contributed by atoms with Crippen molar-refractivity contribution in [1.29, 1.82) is 0 Å². The Morgan fingerprint density at radius 3 is 2.47 bits per heavy atom. The Balaban J connectivity index is 1.25. The van der Waals surface area contributed by atoms with Gasteiger partial charge in [0.05, 0.1) is 28.6 Å². The van der Waals surface area contributed by atoms with E-state index < -0.39 is 0 Å². The molecule has 2 saturated heterocycles. The molecule has 3 aromatic rings. The van der Waals surface area contributed by atoms with Crippen LogP contribution in [0.25, 0.3) is 10.9 Å². The van der Waals surface area contributed by atoms with Crippen molar-refractivity contribution < 1.29 is 9.31 Å². The van der Waals surface area contributed by atoms with Crippen LogP contribution in [-0.4, -0.2) is 52.4 Å². The third-order valence-corrected chi connectivity index (χ3v) is 6.97. The Hall–Kier alpha value is -2.71. The van der Waals surface area contributed by atoms with Gasteiger partial charge < -0.3 is 19.5 Å². The number of anilines is 2. The number of aromatic nitrogens is 3. The molecule has 5 rings (SSSR count). The van der Waals surface area contributed by atoms with Crippen molar-refractivity contribution in [1.82, 2.24) is 15.0 Å². The van der Waals surface area contributed by atoms with Crippen LogP contribution in [0.15, 0.2) is 48.9 Å². The van der Waals surface area contributed by atoms with Crippen molar-refractivity contribution in [3.05, 3.63) is 48.9 Å². The quantitative estimate of drug-likeness (QED) is 0.635. The molecule has 2 aromatic heterocycles. The second-order valence-corrected chi connectivity index (χ2v) is 9.72. The lowest BCUT2D eigenvalue weighted by Gasteiger charge is -2.33. The van der Waals surface area contributed by atoms with Crippen LogP contribution >= 0.6 is 0 Å². The van der Waals surface area contributed by atoms with Crippen LogP contribution in [0.5, 0.6) is 0 Å². The lowest BCUT2D eigenvalue weighted by Crippen LogP contribution is -2.41. The molecular weight excluding hydrogens is 401 g/mol. The first-order chi connectivity index (χ1) is 15.3. The van der Waals surface area contributed by atoms with Crippen molar-refractivity contribution >= 4 is 35.1 Å². The topological polar surface area (TPSA) is 72.4 Å². The maximum Gasteiger partial charge on any atom is 0.494 e. The van der Waals surface area contributed by atoms with E-state index >= 15 is 0 Å². The number of nitrogens with one attached hydrogen (secondary N) is 1. The number of benzene rings is 1. The largest absolute Gasteiger partial charge is 0.494 e.